The number of aromatic nitrogens is 4. The molecule has 0 aliphatic rings. The Labute approximate surface area is 127 Å². The van der Waals surface area contributed by atoms with Crippen LogP contribution in [0.1, 0.15) is 17.6 Å². The van der Waals surface area contributed by atoms with Gasteiger partial charge in [-0.1, -0.05) is 5.16 Å². The van der Waals surface area contributed by atoms with E-state index in [1.54, 1.807) is 18.6 Å². The highest BCUT2D eigenvalue weighted by Crippen LogP contribution is 2.27. The fourth-order valence-corrected chi connectivity index (χ4v) is 2.41. The van der Waals surface area contributed by atoms with Crippen LogP contribution in [0.5, 0.6) is 0 Å². The maximum Gasteiger partial charge on any atom is 0.244 e. The molecule has 6 nitrogen and oxygen atoms in total. The van der Waals surface area contributed by atoms with Crippen molar-refractivity contribution in [2.75, 3.05) is 0 Å². The van der Waals surface area contributed by atoms with Gasteiger partial charge < -0.3 is 15.2 Å². The monoisotopic (exact) mass is 351 g/mol. The third-order valence-corrected chi connectivity index (χ3v) is 3.58. The van der Waals surface area contributed by atoms with Crippen molar-refractivity contribution < 1.29 is 8.91 Å². The molecule has 0 saturated heterocycles. The summed E-state index contributed by atoms with van der Waals surface area (Å²) in [6.07, 6.45) is 3.77. The second kappa shape index (κ2) is 5.74. The molecule has 21 heavy (non-hydrogen) atoms. The zero-order valence-electron chi connectivity index (χ0n) is 10.8. The van der Waals surface area contributed by atoms with Gasteiger partial charge in [-0.15, -0.1) is 0 Å². The van der Waals surface area contributed by atoms with Gasteiger partial charge >= 0.3 is 0 Å². The average Bonchev–Trinajstić information content (AvgIpc) is 3.09. The van der Waals surface area contributed by atoms with Gasteiger partial charge in [0.05, 0.1) is 12.4 Å². The number of nitrogens with zero attached hydrogens (tertiary/aromatic N) is 3. The van der Waals surface area contributed by atoms with E-state index in [0.717, 1.165) is 5.69 Å². The minimum Gasteiger partial charge on any atom is -0.348 e. The van der Waals surface area contributed by atoms with E-state index in [1.807, 2.05) is 0 Å². The average molecular weight is 352 g/mol. The summed E-state index contributed by atoms with van der Waals surface area (Å²) in [5, 5.41) is 3.88. The Bertz CT molecular complexity index is 743. The van der Waals surface area contributed by atoms with Crippen molar-refractivity contribution in [1.82, 2.24) is 20.1 Å². The van der Waals surface area contributed by atoms with E-state index < -0.39 is 6.04 Å². The van der Waals surface area contributed by atoms with Crippen LogP contribution in [0.3, 0.4) is 0 Å². The molecular weight excluding hydrogens is 341 g/mol. The van der Waals surface area contributed by atoms with Crippen LogP contribution in [0.2, 0.25) is 0 Å². The number of imidazole rings is 1. The summed E-state index contributed by atoms with van der Waals surface area (Å²) in [6, 6.07) is 3.82. The summed E-state index contributed by atoms with van der Waals surface area (Å²) in [5.41, 5.74) is 7.54. The Morgan fingerprint density at radius 2 is 2.29 bits per heavy atom. The van der Waals surface area contributed by atoms with E-state index in [2.05, 4.69) is 36.0 Å². The fraction of sp³-hybridized carbons (Fsp3) is 0.154. The minimum atomic E-state index is -0.439. The van der Waals surface area contributed by atoms with Crippen molar-refractivity contribution in [3.8, 4) is 11.4 Å². The molecule has 0 aliphatic heterocycles. The van der Waals surface area contributed by atoms with Crippen LogP contribution in [0, 0.1) is 5.82 Å². The Balaban J connectivity index is 1.82. The molecule has 0 unspecified atom stereocenters. The molecule has 0 bridgehead atoms. The molecule has 8 heteroatoms. The van der Waals surface area contributed by atoms with E-state index in [-0.39, 0.29) is 5.82 Å². The number of hydrogen-bond donors (Lipinski definition) is 2. The van der Waals surface area contributed by atoms with Crippen molar-refractivity contribution in [3.63, 3.8) is 0 Å². The first kappa shape index (κ1) is 13.9. The van der Waals surface area contributed by atoms with Crippen LogP contribution in [-0.2, 0) is 6.42 Å². The topological polar surface area (TPSA) is 93.6 Å². The number of H-pyrrole nitrogens is 1. The normalized spacial score (nSPS) is 12.5. The Hall–Kier alpha value is -2.06. The highest BCUT2D eigenvalue weighted by Gasteiger charge is 2.18. The van der Waals surface area contributed by atoms with E-state index in [0.29, 0.717) is 28.2 Å². The van der Waals surface area contributed by atoms with Crippen molar-refractivity contribution in [1.29, 1.82) is 0 Å². The van der Waals surface area contributed by atoms with Gasteiger partial charge in [0.2, 0.25) is 11.7 Å². The molecule has 1 aromatic carbocycles. The van der Waals surface area contributed by atoms with E-state index in [9.17, 15) is 4.39 Å². The number of hydrogen-bond acceptors (Lipinski definition) is 5. The van der Waals surface area contributed by atoms with Gasteiger partial charge in [0.1, 0.15) is 5.82 Å². The number of nitrogens with one attached hydrogen (secondary N) is 1. The van der Waals surface area contributed by atoms with Crippen molar-refractivity contribution >= 4 is 15.9 Å². The standard InChI is InChI=1S/C13H11BrFN5O/c14-10-3-7(15)1-2-9(10)12-19-13(21-20-12)11(16)4-8-5-17-6-18-8/h1-3,5-6,11H,4,16H2,(H,17,18)/t11-/m0/s1. The van der Waals surface area contributed by atoms with Gasteiger partial charge in [0, 0.05) is 28.3 Å². The van der Waals surface area contributed by atoms with Crippen LogP contribution in [-0.4, -0.2) is 20.1 Å². The van der Waals surface area contributed by atoms with Crippen LogP contribution >= 0.6 is 15.9 Å². The lowest BCUT2D eigenvalue weighted by molar-refractivity contribution is 0.354. The molecular formula is C13H11BrFN5O. The van der Waals surface area contributed by atoms with Gasteiger partial charge in [0.25, 0.3) is 0 Å². The molecule has 3 rings (SSSR count). The summed E-state index contributed by atoms with van der Waals surface area (Å²) in [7, 11) is 0. The molecule has 0 radical (unpaired) electrons. The van der Waals surface area contributed by atoms with Crippen LogP contribution in [0.4, 0.5) is 4.39 Å². The van der Waals surface area contributed by atoms with E-state index in [1.165, 1.54) is 12.1 Å². The van der Waals surface area contributed by atoms with Crippen molar-refractivity contribution in [2.45, 2.75) is 12.5 Å². The Kier molecular flexibility index (Phi) is 3.80. The lowest BCUT2D eigenvalue weighted by Crippen LogP contribution is -2.14. The molecule has 0 spiro atoms. The molecule has 1 atom stereocenters. The molecule has 0 fully saturated rings. The maximum atomic E-state index is 13.1. The summed E-state index contributed by atoms with van der Waals surface area (Å²) in [6.45, 7) is 0. The predicted octanol–water partition coefficient (Wildman–Crippen LogP) is 2.60. The summed E-state index contributed by atoms with van der Waals surface area (Å²) in [4.78, 5) is 11.1. The van der Waals surface area contributed by atoms with Gasteiger partial charge in [-0.25, -0.2) is 9.37 Å². The Morgan fingerprint density at radius 1 is 1.43 bits per heavy atom. The van der Waals surface area contributed by atoms with Gasteiger partial charge in [0.15, 0.2) is 0 Å². The third-order valence-electron chi connectivity index (χ3n) is 2.93. The zero-order valence-corrected chi connectivity index (χ0v) is 12.3. The molecule has 3 aromatic rings. The van der Waals surface area contributed by atoms with Crippen LogP contribution in [0.15, 0.2) is 39.7 Å². The SMILES string of the molecule is N[C@@H](Cc1cnc[nH]1)c1nc(-c2ccc(F)cc2Br)no1. The molecule has 2 aromatic heterocycles. The number of benzene rings is 1. The lowest BCUT2D eigenvalue weighted by atomic mass is 10.2. The number of halogens is 2. The Morgan fingerprint density at radius 3 is 3.00 bits per heavy atom. The number of rotatable bonds is 4. The maximum absolute atomic E-state index is 13.1. The molecule has 108 valence electrons. The third kappa shape index (κ3) is 3.01. The van der Waals surface area contributed by atoms with E-state index >= 15 is 0 Å². The van der Waals surface area contributed by atoms with Gasteiger partial charge in [-0.3, -0.25) is 0 Å². The quantitative estimate of drug-likeness (QED) is 0.753. The second-order valence-electron chi connectivity index (χ2n) is 4.47. The number of aromatic amines is 1. The smallest absolute Gasteiger partial charge is 0.244 e. The fourth-order valence-electron chi connectivity index (χ4n) is 1.89. The zero-order chi connectivity index (χ0) is 14.8. The highest BCUT2D eigenvalue weighted by atomic mass is 79.9. The predicted molar refractivity (Wildman–Crippen MR) is 76.6 cm³/mol. The molecule has 0 aliphatic carbocycles. The van der Waals surface area contributed by atoms with Gasteiger partial charge in [-0.2, -0.15) is 4.98 Å². The molecule has 2 heterocycles. The second-order valence-corrected chi connectivity index (χ2v) is 5.32. The summed E-state index contributed by atoms with van der Waals surface area (Å²) < 4.78 is 18.8. The molecule has 0 saturated carbocycles. The van der Waals surface area contributed by atoms with Crippen molar-refractivity contribution in [3.05, 3.63) is 52.6 Å². The largest absolute Gasteiger partial charge is 0.348 e. The first-order chi connectivity index (χ1) is 10.1. The van der Waals surface area contributed by atoms with Crippen LogP contribution < -0.4 is 5.73 Å². The number of nitrogens with two attached hydrogens (primary N) is 1. The lowest BCUT2D eigenvalue weighted by Gasteiger charge is -2.03. The first-order valence-corrected chi connectivity index (χ1v) is 6.94. The van der Waals surface area contributed by atoms with E-state index in [4.69, 9.17) is 10.3 Å². The summed E-state index contributed by atoms with van der Waals surface area (Å²) >= 11 is 3.27. The molecule has 3 N–H and O–H groups in total. The first-order valence-electron chi connectivity index (χ1n) is 6.15. The van der Waals surface area contributed by atoms with Crippen LogP contribution in [0.25, 0.3) is 11.4 Å². The highest BCUT2D eigenvalue weighted by molar-refractivity contribution is 9.10. The van der Waals surface area contributed by atoms with Gasteiger partial charge in [-0.05, 0) is 34.1 Å². The molecule has 0 amide bonds. The summed E-state index contributed by atoms with van der Waals surface area (Å²) in [5.74, 6) is 0.332. The minimum absolute atomic E-state index is 0.316. The van der Waals surface area contributed by atoms with Crippen molar-refractivity contribution in [2.24, 2.45) is 5.73 Å².